The summed E-state index contributed by atoms with van der Waals surface area (Å²) in [5.41, 5.74) is 2.57. The van der Waals surface area contributed by atoms with Gasteiger partial charge in [-0.05, 0) is 57.8 Å². The monoisotopic (exact) mass is 293 g/mol. The van der Waals surface area contributed by atoms with Crippen molar-refractivity contribution in [1.29, 1.82) is 0 Å². The maximum absolute atomic E-state index is 5.74. The molecule has 0 aliphatic carbocycles. The average Bonchev–Trinajstić information content (AvgIpc) is 2.43. The van der Waals surface area contributed by atoms with Crippen LogP contribution in [0.2, 0.25) is 0 Å². The van der Waals surface area contributed by atoms with E-state index in [0.29, 0.717) is 19.8 Å². The van der Waals surface area contributed by atoms with Crippen LogP contribution in [0.25, 0.3) is 0 Å². The smallest absolute Gasteiger partial charge is 0.0720 e. The zero-order valence-corrected chi connectivity index (χ0v) is 14.1. The van der Waals surface area contributed by atoms with Crippen LogP contribution >= 0.6 is 0 Å². The fourth-order valence-electron chi connectivity index (χ4n) is 2.06. The third kappa shape index (κ3) is 8.86. The van der Waals surface area contributed by atoms with Gasteiger partial charge in [0.15, 0.2) is 0 Å². The Bertz CT molecular complexity index is 385. The van der Waals surface area contributed by atoms with E-state index in [-0.39, 0.29) is 5.60 Å². The van der Waals surface area contributed by atoms with Crippen molar-refractivity contribution >= 4 is 0 Å². The van der Waals surface area contributed by atoms with Crippen molar-refractivity contribution < 1.29 is 9.47 Å². The lowest BCUT2D eigenvalue weighted by atomic mass is 10.1. The molecule has 0 saturated carbocycles. The minimum atomic E-state index is -0.0911. The Kier molecular flexibility index (Phi) is 8.58. The Morgan fingerprint density at radius 2 is 1.71 bits per heavy atom. The van der Waals surface area contributed by atoms with E-state index in [9.17, 15) is 0 Å². The Morgan fingerprint density at radius 3 is 2.38 bits per heavy atom. The van der Waals surface area contributed by atoms with Crippen LogP contribution in [-0.4, -0.2) is 31.9 Å². The summed E-state index contributed by atoms with van der Waals surface area (Å²) < 4.78 is 11.4. The number of hydrogen-bond donors (Lipinski definition) is 1. The first-order valence-electron chi connectivity index (χ1n) is 8.02. The van der Waals surface area contributed by atoms with E-state index in [4.69, 9.17) is 9.47 Å². The van der Waals surface area contributed by atoms with E-state index in [0.717, 1.165) is 19.5 Å². The molecule has 0 aromatic heterocycles. The topological polar surface area (TPSA) is 30.5 Å². The van der Waals surface area contributed by atoms with Crippen molar-refractivity contribution in [2.75, 3.05) is 26.3 Å². The molecule has 1 aromatic carbocycles. The summed E-state index contributed by atoms with van der Waals surface area (Å²) in [4.78, 5) is 0. The van der Waals surface area contributed by atoms with E-state index in [1.54, 1.807) is 0 Å². The zero-order valence-electron chi connectivity index (χ0n) is 14.1. The van der Waals surface area contributed by atoms with Gasteiger partial charge in [-0.15, -0.1) is 0 Å². The van der Waals surface area contributed by atoms with Crippen molar-refractivity contribution in [1.82, 2.24) is 5.32 Å². The van der Waals surface area contributed by atoms with E-state index in [1.807, 2.05) is 0 Å². The number of nitrogens with one attached hydrogen (secondary N) is 1. The van der Waals surface area contributed by atoms with Gasteiger partial charge in [-0.25, -0.2) is 0 Å². The molecule has 1 N–H and O–H groups in total. The summed E-state index contributed by atoms with van der Waals surface area (Å²) in [6.45, 7) is 12.4. The lowest BCUT2D eigenvalue weighted by molar-refractivity contribution is -0.0377. The summed E-state index contributed by atoms with van der Waals surface area (Å²) in [5, 5.41) is 3.44. The highest BCUT2D eigenvalue weighted by molar-refractivity contribution is 5.26. The van der Waals surface area contributed by atoms with Crippen LogP contribution in [0.4, 0.5) is 0 Å². The van der Waals surface area contributed by atoms with Crippen molar-refractivity contribution in [2.45, 2.75) is 52.7 Å². The van der Waals surface area contributed by atoms with Gasteiger partial charge in [0, 0.05) is 0 Å². The van der Waals surface area contributed by atoms with Gasteiger partial charge < -0.3 is 14.8 Å². The minimum Gasteiger partial charge on any atom is -0.374 e. The Morgan fingerprint density at radius 1 is 1.00 bits per heavy atom. The maximum Gasteiger partial charge on any atom is 0.0720 e. The molecule has 0 heterocycles. The standard InChI is InChI=1S/C18H31NO2/c1-5-11-19-12-10-16-8-6-7-9-17(16)15-20-13-14-21-18(2,3)4/h6-9,19H,5,10-15H2,1-4H3. The van der Waals surface area contributed by atoms with Crippen molar-refractivity contribution in [2.24, 2.45) is 0 Å². The normalized spacial score (nSPS) is 11.8. The average molecular weight is 293 g/mol. The molecule has 3 nitrogen and oxygen atoms in total. The summed E-state index contributed by atoms with van der Waals surface area (Å²) in [7, 11) is 0. The highest BCUT2D eigenvalue weighted by Gasteiger charge is 2.09. The minimum absolute atomic E-state index is 0.0911. The molecule has 1 aromatic rings. The van der Waals surface area contributed by atoms with Gasteiger partial charge in [-0.2, -0.15) is 0 Å². The third-order valence-corrected chi connectivity index (χ3v) is 3.14. The van der Waals surface area contributed by atoms with E-state index >= 15 is 0 Å². The molecule has 0 unspecified atom stereocenters. The molecule has 120 valence electrons. The first-order chi connectivity index (χ1) is 10.0. The summed E-state index contributed by atoms with van der Waals surface area (Å²) in [5.74, 6) is 0. The van der Waals surface area contributed by atoms with Crippen molar-refractivity contribution in [3.8, 4) is 0 Å². The van der Waals surface area contributed by atoms with E-state index in [2.05, 4.69) is 57.3 Å². The van der Waals surface area contributed by atoms with Crippen molar-refractivity contribution in [3.05, 3.63) is 35.4 Å². The van der Waals surface area contributed by atoms with Gasteiger partial charge >= 0.3 is 0 Å². The van der Waals surface area contributed by atoms with Gasteiger partial charge in [-0.3, -0.25) is 0 Å². The van der Waals surface area contributed by atoms with Gasteiger partial charge in [0.25, 0.3) is 0 Å². The first-order valence-corrected chi connectivity index (χ1v) is 8.02. The van der Waals surface area contributed by atoms with Gasteiger partial charge in [0.1, 0.15) is 0 Å². The molecule has 0 amide bonds. The molecule has 0 fully saturated rings. The largest absolute Gasteiger partial charge is 0.374 e. The van der Waals surface area contributed by atoms with E-state index < -0.39 is 0 Å². The fraction of sp³-hybridized carbons (Fsp3) is 0.667. The second-order valence-electron chi connectivity index (χ2n) is 6.28. The quantitative estimate of drug-likeness (QED) is 0.669. The first kappa shape index (κ1) is 18.1. The van der Waals surface area contributed by atoms with Crippen LogP contribution in [-0.2, 0) is 22.5 Å². The van der Waals surface area contributed by atoms with Crippen LogP contribution in [0.1, 0.15) is 45.2 Å². The molecule has 0 aliphatic heterocycles. The highest BCUT2D eigenvalue weighted by Crippen LogP contribution is 2.11. The Labute approximate surface area is 130 Å². The maximum atomic E-state index is 5.74. The molecule has 0 saturated heterocycles. The van der Waals surface area contributed by atoms with Crippen LogP contribution in [0.5, 0.6) is 0 Å². The van der Waals surface area contributed by atoms with Crippen LogP contribution in [0, 0.1) is 0 Å². The van der Waals surface area contributed by atoms with Crippen LogP contribution in [0.15, 0.2) is 24.3 Å². The molecule has 0 atom stereocenters. The van der Waals surface area contributed by atoms with Crippen LogP contribution in [0.3, 0.4) is 0 Å². The predicted molar refractivity (Wildman–Crippen MR) is 88.7 cm³/mol. The van der Waals surface area contributed by atoms with Crippen molar-refractivity contribution in [3.63, 3.8) is 0 Å². The highest BCUT2D eigenvalue weighted by atomic mass is 16.5. The molecule has 0 spiro atoms. The fourth-order valence-corrected chi connectivity index (χ4v) is 2.06. The molecular weight excluding hydrogens is 262 g/mol. The zero-order chi connectivity index (χ0) is 15.6. The Balaban J connectivity index is 2.30. The van der Waals surface area contributed by atoms with Crippen LogP contribution < -0.4 is 5.32 Å². The summed E-state index contributed by atoms with van der Waals surface area (Å²) >= 11 is 0. The molecule has 21 heavy (non-hydrogen) atoms. The number of benzene rings is 1. The number of ether oxygens (including phenoxy) is 2. The lowest BCUT2D eigenvalue weighted by Gasteiger charge is -2.19. The third-order valence-electron chi connectivity index (χ3n) is 3.14. The molecule has 0 aliphatic rings. The summed E-state index contributed by atoms with van der Waals surface area (Å²) in [6.07, 6.45) is 2.23. The van der Waals surface area contributed by atoms with Gasteiger partial charge in [-0.1, -0.05) is 31.2 Å². The Hall–Kier alpha value is -0.900. The molecule has 0 radical (unpaired) electrons. The van der Waals surface area contributed by atoms with Gasteiger partial charge in [0.2, 0.25) is 0 Å². The second kappa shape index (κ2) is 9.93. The SMILES string of the molecule is CCCNCCc1ccccc1COCCOC(C)(C)C. The number of rotatable bonds is 10. The van der Waals surface area contributed by atoms with Gasteiger partial charge in [0.05, 0.1) is 25.4 Å². The molecular formula is C18H31NO2. The number of hydrogen-bond acceptors (Lipinski definition) is 3. The lowest BCUT2D eigenvalue weighted by Crippen LogP contribution is -2.22. The van der Waals surface area contributed by atoms with E-state index in [1.165, 1.54) is 17.5 Å². The predicted octanol–water partition coefficient (Wildman–Crippen LogP) is 3.56. The molecule has 0 bridgehead atoms. The second-order valence-corrected chi connectivity index (χ2v) is 6.28. The molecule has 3 heteroatoms. The molecule has 1 rings (SSSR count). The summed E-state index contributed by atoms with van der Waals surface area (Å²) in [6, 6.07) is 8.52.